The zero-order chi connectivity index (χ0) is 22.4. The summed E-state index contributed by atoms with van der Waals surface area (Å²) in [7, 11) is 0. The predicted molar refractivity (Wildman–Crippen MR) is 132 cm³/mol. The lowest BCUT2D eigenvalue weighted by atomic mass is 9.99. The van der Waals surface area contributed by atoms with E-state index in [2.05, 4.69) is 55.5 Å². The Morgan fingerprint density at radius 2 is 1.88 bits per heavy atom. The topological polar surface area (TPSA) is 74.5 Å². The van der Waals surface area contributed by atoms with E-state index in [1.165, 1.54) is 5.56 Å². The summed E-state index contributed by atoms with van der Waals surface area (Å²) < 4.78 is 2.16. The van der Waals surface area contributed by atoms with Gasteiger partial charge in [-0.2, -0.15) is 11.3 Å². The van der Waals surface area contributed by atoms with Gasteiger partial charge in [0.1, 0.15) is 5.60 Å². The van der Waals surface area contributed by atoms with E-state index in [9.17, 15) is 5.11 Å². The van der Waals surface area contributed by atoms with Crippen LogP contribution in [0, 0.1) is 0 Å². The molecule has 0 radical (unpaired) electrons. The van der Waals surface area contributed by atoms with Crippen molar-refractivity contribution >= 4 is 28.3 Å². The molecule has 3 N–H and O–H groups in total. The molecule has 0 saturated heterocycles. The number of aromatic nitrogens is 2. The Bertz CT molecular complexity index is 1160. The number of para-hydroxylation sites is 2. The van der Waals surface area contributed by atoms with E-state index in [0.29, 0.717) is 19.0 Å². The molecular formula is C25H29N5OS. The Hall–Kier alpha value is -3.16. The molecule has 2 heterocycles. The second kappa shape index (κ2) is 9.97. The SMILES string of the molecule is CCNC(=NCc1ccc(Cn2cnc3ccccc32)cc1)NCC(C)(O)c1ccsc1. The lowest BCUT2D eigenvalue weighted by Crippen LogP contribution is -2.44. The number of aliphatic hydroxyl groups is 1. The number of imidazole rings is 1. The minimum atomic E-state index is -0.949. The van der Waals surface area contributed by atoms with Crippen molar-refractivity contribution in [2.75, 3.05) is 13.1 Å². The van der Waals surface area contributed by atoms with Gasteiger partial charge in [-0.15, -0.1) is 0 Å². The third kappa shape index (κ3) is 5.36. The van der Waals surface area contributed by atoms with Crippen molar-refractivity contribution in [3.05, 3.63) is 88.4 Å². The van der Waals surface area contributed by atoms with Crippen LogP contribution in [0.5, 0.6) is 0 Å². The van der Waals surface area contributed by atoms with Crippen LogP contribution in [0.1, 0.15) is 30.5 Å². The maximum Gasteiger partial charge on any atom is 0.191 e. The van der Waals surface area contributed by atoms with E-state index in [4.69, 9.17) is 0 Å². The van der Waals surface area contributed by atoms with Crippen molar-refractivity contribution in [3.63, 3.8) is 0 Å². The highest BCUT2D eigenvalue weighted by Crippen LogP contribution is 2.22. The first-order valence-corrected chi connectivity index (χ1v) is 11.7. The number of aliphatic imine (C=N–C) groups is 1. The average molecular weight is 448 g/mol. The maximum atomic E-state index is 10.7. The van der Waals surface area contributed by atoms with Gasteiger partial charge in [0.15, 0.2) is 5.96 Å². The second-order valence-corrected chi connectivity index (χ2v) is 8.79. The van der Waals surface area contributed by atoms with E-state index in [1.54, 1.807) is 11.3 Å². The molecule has 0 amide bonds. The smallest absolute Gasteiger partial charge is 0.191 e. The maximum absolute atomic E-state index is 10.7. The van der Waals surface area contributed by atoms with Gasteiger partial charge in [0.2, 0.25) is 0 Å². The fraction of sp³-hybridized carbons (Fsp3) is 0.280. The molecule has 0 bridgehead atoms. The lowest BCUT2D eigenvalue weighted by Gasteiger charge is -2.24. The second-order valence-electron chi connectivity index (χ2n) is 8.01. The van der Waals surface area contributed by atoms with E-state index >= 15 is 0 Å². The van der Waals surface area contributed by atoms with Gasteiger partial charge in [0.05, 0.1) is 30.5 Å². The number of benzene rings is 2. The van der Waals surface area contributed by atoms with Crippen LogP contribution in [0.15, 0.2) is 76.7 Å². The number of nitrogens with one attached hydrogen (secondary N) is 2. The van der Waals surface area contributed by atoms with Gasteiger partial charge in [0.25, 0.3) is 0 Å². The van der Waals surface area contributed by atoms with Gasteiger partial charge in [-0.3, -0.25) is 0 Å². The normalized spacial score (nSPS) is 13.8. The lowest BCUT2D eigenvalue weighted by molar-refractivity contribution is 0.0621. The van der Waals surface area contributed by atoms with Crippen molar-refractivity contribution in [3.8, 4) is 0 Å². The van der Waals surface area contributed by atoms with Crippen LogP contribution in [-0.4, -0.2) is 33.7 Å². The van der Waals surface area contributed by atoms with Crippen molar-refractivity contribution in [2.45, 2.75) is 32.5 Å². The third-order valence-electron chi connectivity index (χ3n) is 5.41. The van der Waals surface area contributed by atoms with E-state index < -0.39 is 5.60 Å². The molecule has 0 saturated carbocycles. The van der Waals surface area contributed by atoms with Gasteiger partial charge >= 0.3 is 0 Å². The largest absolute Gasteiger partial charge is 0.384 e. The highest BCUT2D eigenvalue weighted by atomic mass is 32.1. The summed E-state index contributed by atoms with van der Waals surface area (Å²) in [6.07, 6.45) is 1.89. The van der Waals surface area contributed by atoms with Gasteiger partial charge in [-0.05, 0) is 59.5 Å². The summed E-state index contributed by atoms with van der Waals surface area (Å²) in [5.41, 5.74) is 4.46. The van der Waals surface area contributed by atoms with Crippen molar-refractivity contribution < 1.29 is 5.11 Å². The van der Waals surface area contributed by atoms with Crippen LogP contribution in [0.25, 0.3) is 11.0 Å². The molecular weight excluding hydrogens is 418 g/mol. The summed E-state index contributed by atoms with van der Waals surface area (Å²) in [5.74, 6) is 0.692. The van der Waals surface area contributed by atoms with Crippen LogP contribution in [-0.2, 0) is 18.7 Å². The molecule has 4 aromatic rings. The first kappa shape index (κ1) is 22.0. The summed E-state index contributed by atoms with van der Waals surface area (Å²) in [6, 6.07) is 18.6. The molecule has 0 fully saturated rings. The van der Waals surface area contributed by atoms with E-state index in [0.717, 1.165) is 35.2 Å². The molecule has 0 aliphatic rings. The molecule has 1 unspecified atom stereocenters. The number of rotatable bonds is 8. The Kier molecular flexibility index (Phi) is 6.87. The van der Waals surface area contributed by atoms with Crippen molar-refractivity contribution in [1.29, 1.82) is 0 Å². The molecule has 1 atom stereocenters. The molecule has 6 nitrogen and oxygen atoms in total. The van der Waals surface area contributed by atoms with Gasteiger partial charge in [-0.25, -0.2) is 9.98 Å². The zero-order valence-corrected chi connectivity index (χ0v) is 19.3. The number of thiophene rings is 1. The number of nitrogens with zero attached hydrogens (tertiary/aromatic N) is 3. The minimum Gasteiger partial charge on any atom is -0.384 e. The van der Waals surface area contributed by atoms with E-state index in [-0.39, 0.29) is 0 Å². The molecule has 0 aliphatic heterocycles. The van der Waals surface area contributed by atoms with Crippen LogP contribution >= 0.6 is 11.3 Å². The number of hydrogen-bond donors (Lipinski definition) is 3. The number of fused-ring (bicyclic) bond motifs is 1. The summed E-state index contributed by atoms with van der Waals surface area (Å²) >= 11 is 1.58. The van der Waals surface area contributed by atoms with Crippen LogP contribution in [0.2, 0.25) is 0 Å². The summed E-state index contributed by atoms with van der Waals surface area (Å²) in [5, 5.41) is 21.2. The average Bonchev–Trinajstić information content (AvgIpc) is 3.48. The van der Waals surface area contributed by atoms with Gasteiger partial charge in [-0.1, -0.05) is 36.4 Å². The molecule has 7 heteroatoms. The molecule has 2 aromatic heterocycles. The molecule has 166 valence electrons. The first-order chi connectivity index (χ1) is 15.5. The molecule has 0 spiro atoms. The highest BCUT2D eigenvalue weighted by Gasteiger charge is 2.23. The molecule has 4 rings (SSSR count). The van der Waals surface area contributed by atoms with Crippen molar-refractivity contribution in [2.24, 2.45) is 4.99 Å². The fourth-order valence-electron chi connectivity index (χ4n) is 3.52. The van der Waals surface area contributed by atoms with E-state index in [1.807, 2.05) is 55.2 Å². The number of hydrogen-bond acceptors (Lipinski definition) is 4. The monoisotopic (exact) mass is 447 g/mol. The summed E-state index contributed by atoms with van der Waals surface area (Å²) in [6.45, 7) is 6.32. The fourth-order valence-corrected chi connectivity index (χ4v) is 4.31. The highest BCUT2D eigenvalue weighted by molar-refractivity contribution is 7.08. The third-order valence-corrected chi connectivity index (χ3v) is 6.09. The standard InChI is InChI=1S/C25H29N5OS/c1-3-26-24(28-17-25(2,31)21-12-13-32-16-21)27-14-19-8-10-20(11-9-19)15-30-18-29-22-6-4-5-7-23(22)30/h4-13,16,18,31H,3,14-15,17H2,1-2H3,(H2,26,27,28). The van der Waals surface area contributed by atoms with Gasteiger partial charge < -0.3 is 20.3 Å². The number of guanidine groups is 1. The molecule has 0 aliphatic carbocycles. The Balaban J connectivity index is 1.37. The predicted octanol–water partition coefficient (Wildman–Crippen LogP) is 4.11. The van der Waals surface area contributed by atoms with Crippen LogP contribution in [0.4, 0.5) is 0 Å². The van der Waals surface area contributed by atoms with Crippen molar-refractivity contribution in [1.82, 2.24) is 20.2 Å². The Labute approximate surface area is 192 Å². The van der Waals surface area contributed by atoms with Crippen LogP contribution < -0.4 is 10.6 Å². The molecule has 32 heavy (non-hydrogen) atoms. The quantitative estimate of drug-likeness (QED) is 0.281. The van der Waals surface area contributed by atoms with Gasteiger partial charge in [0, 0.05) is 13.1 Å². The zero-order valence-electron chi connectivity index (χ0n) is 18.5. The molecule has 2 aromatic carbocycles. The Morgan fingerprint density at radius 1 is 1.09 bits per heavy atom. The first-order valence-electron chi connectivity index (χ1n) is 10.8. The summed E-state index contributed by atoms with van der Waals surface area (Å²) in [4.78, 5) is 9.15. The minimum absolute atomic E-state index is 0.382. The van der Waals surface area contributed by atoms with Crippen LogP contribution in [0.3, 0.4) is 0 Å². The Morgan fingerprint density at radius 3 is 2.62 bits per heavy atom.